The van der Waals surface area contributed by atoms with Gasteiger partial charge in [0.15, 0.2) is 0 Å². The lowest BCUT2D eigenvalue weighted by Gasteiger charge is -2.29. The van der Waals surface area contributed by atoms with Crippen molar-refractivity contribution in [2.24, 2.45) is 0 Å². The standard InChI is InChI=1S/C16H27FN2/c1-5-11-18-16(12-19(4)13(3)6-2)14-9-7-8-10-15(14)17/h7-10,13,16,18H,5-6,11-12H2,1-4H3. The van der Waals surface area contributed by atoms with Crippen molar-refractivity contribution in [2.45, 2.75) is 45.7 Å². The third-order valence-electron chi connectivity index (χ3n) is 3.74. The molecule has 3 heteroatoms. The maximum atomic E-state index is 13.9. The highest BCUT2D eigenvalue weighted by atomic mass is 19.1. The third-order valence-corrected chi connectivity index (χ3v) is 3.74. The highest BCUT2D eigenvalue weighted by Crippen LogP contribution is 2.19. The molecule has 0 aliphatic carbocycles. The lowest BCUT2D eigenvalue weighted by molar-refractivity contribution is 0.222. The van der Waals surface area contributed by atoms with Crippen LogP contribution in [0.5, 0.6) is 0 Å². The predicted molar refractivity (Wildman–Crippen MR) is 79.8 cm³/mol. The van der Waals surface area contributed by atoms with Crippen LogP contribution in [0.4, 0.5) is 4.39 Å². The van der Waals surface area contributed by atoms with Crippen LogP contribution in [0.1, 0.15) is 45.2 Å². The fourth-order valence-electron chi connectivity index (χ4n) is 2.13. The molecule has 2 nitrogen and oxygen atoms in total. The van der Waals surface area contributed by atoms with Crippen molar-refractivity contribution >= 4 is 0 Å². The second-order valence-corrected chi connectivity index (χ2v) is 5.23. The van der Waals surface area contributed by atoms with Gasteiger partial charge in [0.1, 0.15) is 5.82 Å². The third kappa shape index (κ3) is 4.92. The van der Waals surface area contributed by atoms with Crippen LogP contribution in [0.2, 0.25) is 0 Å². The molecule has 2 atom stereocenters. The van der Waals surface area contributed by atoms with Crippen LogP contribution in [0.25, 0.3) is 0 Å². The highest BCUT2D eigenvalue weighted by Gasteiger charge is 2.18. The van der Waals surface area contributed by atoms with E-state index in [2.05, 4.69) is 38.0 Å². The first kappa shape index (κ1) is 16.1. The summed E-state index contributed by atoms with van der Waals surface area (Å²) < 4.78 is 13.9. The van der Waals surface area contributed by atoms with Gasteiger partial charge in [0.2, 0.25) is 0 Å². The molecule has 1 aromatic rings. The Kier molecular flexibility index (Phi) is 7.03. The molecule has 0 radical (unpaired) electrons. The number of nitrogens with one attached hydrogen (secondary N) is 1. The first-order chi connectivity index (χ1) is 9.10. The molecule has 0 saturated heterocycles. The van der Waals surface area contributed by atoms with Gasteiger partial charge in [-0.15, -0.1) is 0 Å². The largest absolute Gasteiger partial charge is 0.309 e. The van der Waals surface area contributed by atoms with E-state index in [9.17, 15) is 4.39 Å². The number of rotatable bonds is 8. The summed E-state index contributed by atoms with van der Waals surface area (Å²) in [5.41, 5.74) is 0.770. The van der Waals surface area contributed by atoms with E-state index in [0.29, 0.717) is 6.04 Å². The quantitative estimate of drug-likeness (QED) is 0.773. The van der Waals surface area contributed by atoms with Gasteiger partial charge in [0.05, 0.1) is 0 Å². The van der Waals surface area contributed by atoms with Crippen molar-refractivity contribution in [1.29, 1.82) is 0 Å². The van der Waals surface area contributed by atoms with Gasteiger partial charge in [0, 0.05) is 24.2 Å². The number of benzene rings is 1. The van der Waals surface area contributed by atoms with Crippen LogP contribution in [-0.2, 0) is 0 Å². The molecule has 108 valence electrons. The number of halogens is 1. The molecule has 0 heterocycles. The molecule has 1 N–H and O–H groups in total. The Morgan fingerprint density at radius 1 is 1.26 bits per heavy atom. The van der Waals surface area contributed by atoms with Gasteiger partial charge in [-0.05, 0) is 39.4 Å². The van der Waals surface area contributed by atoms with Crippen LogP contribution < -0.4 is 5.32 Å². The summed E-state index contributed by atoms with van der Waals surface area (Å²) in [6.07, 6.45) is 2.16. The van der Waals surface area contributed by atoms with Gasteiger partial charge < -0.3 is 10.2 Å². The Balaban J connectivity index is 2.80. The van der Waals surface area contributed by atoms with Crippen molar-refractivity contribution in [3.63, 3.8) is 0 Å². The van der Waals surface area contributed by atoms with E-state index in [1.54, 1.807) is 12.1 Å². The Labute approximate surface area is 117 Å². The summed E-state index contributed by atoms with van der Waals surface area (Å²) in [6.45, 7) is 8.25. The highest BCUT2D eigenvalue weighted by molar-refractivity contribution is 5.21. The molecule has 0 spiro atoms. The Morgan fingerprint density at radius 3 is 2.53 bits per heavy atom. The minimum atomic E-state index is -0.117. The number of hydrogen-bond acceptors (Lipinski definition) is 2. The van der Waals surface area contributed by atoms with E-state index < -0.39 is 0 Å². The van der Waals surface area contributed by atoms with Gasteiger partial charge in [-0.3, -0.25) is 0 Å². The molecule has 1 rings (SSSR count). The second-order valence-electron chi connectivity index (χ2n) is 5.23. The van der Waals surface area contributed by atoms with E-state index in [1.807, 2.05) is 12.1 Å². The summed E-state index contributed by atoms with van der Waals surface area (Å²) in [4.78, 5) is 2.29. The molecule has 0 aliphatic rings. The molecule has 0 aromatic heterocycles. The molecule has 0 bridgehead atoms. The lowest BCUT2D eigenvalue weighted by atomic mass is 10.0. The first-order valence-corrected chi connectivity index (χ1v) is 7.28. The maximum Gasteiger partial charge on any atom is 0.128 e. The minimum absolute atomic E-state index is 0.0557. The van der Waals surface area contributed by atoms with Crippen molar-refractivity contribution < 1.29 is 4.39 Å². The van der Waals surface area contributed by atoms with Gasteiger partial charge in [-0.2, -0.15) is 0 Å². The monoisotopic (exact) mass is 266 g/mol. The summed E-state index contributed by atoms with van der Waals surface area (Å²) in [5, 5.41) is 3.45. The van der Waals surface area contributed by atoms with Crippen LogP contribution in [0.15, 0.2) is 24.3 Å². The van der Waals surface area contributed by atoms with Gasteiger partial charge in [-0.25, -0.2) is 4.39 Å². The molecular weight excluding hydrogens is 239 g/mol. The van der Waals surface area contributed by atoms with Crippen molar-refractivity contribution in [3.8, 4) is 0 Å². The normalized spacial score (nSPS) is 14.6. The molecule has 0 fully saturated rings. The van der Waals surface area contributed by atoms with Crippen LogP contribution in [0.3, 0.4) is 0 Å². The van der Waals surface area contributed by atoms with Crippen molar-refractivity contribution in [2.75, 3.05) is 20.1 Å². The summed E-state index contributed by atoms with van der Waals surface area (Å²) in [5.74, 6) is -0.117. The Hall–Kier alpha value is -0.930. The smallest absolute Gasteiger partial charge is 0.128 e. The van der Waals surface area contributed by atoms with Gasteiger partial charge in [0.25, 0.3) is 0 Å². The molecule has 0 amide bonds. The zero-order chi connectivity index (χ0) is 14.3. The molecule has 2 unspecified atom stereocenters. The number of hydrogen-bond donors (Lipinski definition) is 1. The topological polar surface area (TPSA) is 15.3 Å². The van der Waals surface area contributed by atoms with E-state index in [1.165, 1.54) is 0 Å². The summed E-state index contributed by atoms with van der Waals surface area (Å²) in [7, 11) is 2.11. The fourth-order valence-corrected chi connectivity index (χ4v) is 2.13. The SMILES string of the molecule is CCCNC(CN(C)C(C)CC)c1ccccc1F. The van der Waals surface area contributed by atoms with E-state index in [0.717, 1.165) is 31.5 Å². The average Bonchev–Trinajstić information content (AvgIpc) is 2.43. The fraction of sp³-hybridized carbons (Fsp3) is 0.625. The summed E-state index contributed by atoms with van der Waals surface area (Å²) >= 11 is 0. The number of likely N-dealkylation sites (N-methyl/N-ethyl adjacent to an activating group) is 1. The molecular formula is C16H27FN2. The Bertz CT molecular complexity index is 368. The van der Waals surface area contributed by atoms with E-state index >= 15 is 0 Å². The van der Waals surface area contributed by atoms with Crippen molar-refractivity contribution in [1.82, 2.24) is 10.2 Å². The zero-order valence-corrected chi connectivity index (χ0v) is 12.6. The molecule has 0 saturated carbocycles. The van der Waals surface area contributed by atoms with Crippen molar-refractivity contribution in [3.05, 3.63) is 35.6 Å². The average molecular weight is 266 g/mol. The number of nitrogens with zero attached hydrogens (tertiary/aromatic N) is 1. The maximum absolute atomic E-state index is 13.9. The van der Waals surface area contributed by atoms with Gasteiger partial charge in [-0.1, -0.05) is 32.0 Å². The molecule has 19 heavy (non-hydrogen) atoms. The van der Waals surface area contributed by atoms with Crippen LogP contribution in [-0.4, -0.2) is 31.1 Å². The summed E-state index contributed by atoms with van der Waals surface area (Å²) in [6, 6.07) is 7.64. The second kappa shape index (κ2) is 8.28. The Morgan fingerprint density at radius 2 is 1.95 bits per heavy atom. The molecule has 1 aromatic carbocycles. The predicted octanol–water partition coefficient (Wildman–Crippen LogP) is 3.60. The van der Waals surface area contributed by atoms with Crippen LogP contribution >= 0.6 is 0 Å². The van der Waals surface area contributed by atoms with E-state index in [4.69, 9.17) is 0 Å². The zero-order valence-electron chi connectivity index (χ0n) is 12.6. The first-order valence-electron chi connectivity index (χ1n) is 7.28. The molecule has 0 aliphatic heterocycles. The van der Waals surface area contributed by atoms with E-state index in [-0.39, 0.29) is 11.9 Å². The van der Waals surface area contributed by atoms with Crippen LogP contribution in [0, 0.1) is 5.82 Å². The lowest BCUT2D eigenvalue weighted by Crippen LogP contribution is -2.38. The minimum Gasteiger partial charge on any atom is -0.309 e. The van der Waals surface area contributed by atoms with Gasteiger partial charge >= 0.3 is 0 Å².